The summed E-state index contributed by atoms with van der Waals surface area (Å²) in [6, 6.07) is 31.8. The second-order valence-corrected chi connectivity index (χ2v) is 28.3. The van der Waals surface area contributed by atoms with E-state index in [9.17, 15) is 0 Å². The summed E-state index contributed by atoms with van der Waals surface area (Å²) in [6.07, 6.45) is 30.9. The quantitative estimate of drug-likeness (QED) is 0.0377. The van der Waals surface area contributed by atoms with Crippen LogP contribution in [0.15, 0.2) is 84.9 Å². The number of hydrogen-bond acceptors (Lipinski definition) is 8. The molecule has 2 aromatic carbocycles. The van der Waals surface area contributed by atoms with Crippen molar-refractivity contribution in [1.82, 2.24) is 0 Å². The van der Waals surface area contributed by atoms with Crippen molar-refractivity contribution in [2.24, 2.45) is 0 Å². The Morgan fingerprint density at radius 3 is 1.22 bits per heavy atom. The van der Waals surface area contributed by atoms with Crippen molar-refractivity contribution in [1.29, 1.82) is 0 Å². The molecule has 424 valence electrons. The monoisotopic (exact) mass is 1190 g/mol. The third-order valence-electron chi connectivity index (χ3n) is 14.2. The molecule has 82 heavy (non-hydrogen) atoms. The molecular formula is C74H80O2S6. The van der Waals surface area contributed by atoms with E-state index in [-0.39, 0.29) is 0 Å². The lowest BCUT2D eigenvalue weighted by molar-refractivity contribution is 0.305. The number of hydrogen-bond donors (Lipinski definition) is 0. The fraction of sp³-hybridized carbons (Fsp3) is 0.378. The fourth-order valence-electron chi connectivity index (χ4n) is 10.1. The van der Waals surface area contributed by atoms with E-state index in [0.717, 1.165) is 33.1 Å². The summed E-state index contributed by atoms with van der Waals surface area (Å²) in [5.41, 5.74) is 10.6. The van der Waals surface area contributed by atoms with Gasteiger partial charge in [0, 0.05) is 93.3 Å². The lowest BCUT2D eigenvalue weighted by atomic mass is 9.91. The smallest absolute Gasteiger partial charge is 0.149 e. The van der Waals surface area contributed by atoms with E-state index in [2.05, 4.69) is 201 Å². The number of benzene rings is 2. The van der Waals surface area contributed by atoms with Gasteiger partial charge in [-0.15, -0.1) is 74.4 Å². The maximum absolute atomic E-state index is 6.67. The highest BCUT2D eigenvalue weighted by atomic mass is 32.1. The van der Waals surface area contributed by atoms with Crippen LogP contribution in [0.2, 0.25) is 0 Å². The summed E-state index contributed by atoms with van der Waals surface area (Å²) >= 11 is 11.1. The van der Waals surface area contributed by atoms with Crippen LogP contribution in [0.1, 0.15) is 165 Å². The Morgan fingerprint density at radius 2 is 0.768 bits per heavy atom. The summed E-state index contributed by atoms with van der Waals surface area (Å²) < 4.78 is 12.9. The van der Waals surface area contributed by atoms with E-state index in [0.29, 0.717) is 12.4 Å². The summed E-state index contributed by atoms with van der Waals surface area (Å²) in [5, 5.41) is 0. The molecule has 0 unspecified atom stereocenters. The van der Waals surface area contributed by atoms with E-state index in [1.54, 1.807) is 33.8 Å². The van der Waals surface area contributed by atoms with Gasteiger partial charge in [0.15, 0.2) is 0 Å². The first-order chi connectivity index (χ1) is 40.0. The molecule has 0 radical (unpaired) electrons. The Kier molecular flexibility index (Phi) is 26.4. The molecule has 0 saturated heterocycles. The number of aryl methyl sites for hydroxylation is 8. The molecule has 6 aromatic heterocycles. The summed E-state index contributed by atoms with van der Waals surface area (Å²) in [6.45, 7) is 20.7. The largest absolute Gasteiger partial charge is 0.493 e. The minimum Gasteiger partial charge on any atom is -0.493 e. The highest BCUT2D eigenvalue weighted by molar-refractivity contribution is 7.24. The topological polar surface area (TPSA) is 18.5 Å². The number of terminal acetylenes is 1. The van der Waals surface area contributed by atoms with Crippen molar-refractivity contribution < 1.29 is 9.47 Å². The van der Waals surface area contributed by atoms with Gasteiger partial charge in [-0.2, -0.15) is 0 Å². The number of unbranched alkanes of at least 4 members (excludes halogenated alkanes) is 13. The molecule has 0 aliphatic heterocycles. The van der Waals surface area contributed by atoms with Crippen molar-refractivity contribution in [3.05, 3.63) is 127 Å². The first-order valence-corrected chi connectivity index (χ1v) is 34.5. The zero-order valence-electron chi connectivity index (χ0n) is 49.9. The lowest BCUT2D eigenvalue weighted by Crippen LogP contribution is -2.00. The average Bonchev–Trinajstić information content (AvgIpc) is 4.53. The molecule has 0 amide bonds. The Morgan fingerprint density at radius 1 is 0.366 bits per heavy atom. The summed E-state index contributed by atoms with van der Waals surface area (Å²) in [4.78, 5) is 15.6. The van der Waals surface area contributed by atoms with Crippen LogP contribution in [0, 0.1) is 101 Å². The molecule has 0 N–H and O–H groups in total. The molecule has 0 saturated carbocycles. The fourth-order valence-corrected chi connectivity index (χ4v) is 16.3. The minimum absolute atomic E-state index is 0.653. The van der Waals surface area contributed by atoms with Gasteiger partial charge in [0.1, 0.15) is 17.6 Å². The van der Waals surface area contributed by atoms with Crippen LogP contribution < -0.4 is 9.47 Å². The van der Waals surface area contributed by atoms with Gasteiger partial charge in [-0.05, 0) is 216 Å². The van der Waals surface area contributed by atoms with Crippen molar-refractivity contribution >= 4 is 68.0 Å². The zero-order chi connectivity index (χ0) is 58.1. The summed E-state index contributed by atoms with van der Waals surface area (Å²) in [7, 11) is 0. The van der Waals surface area contributed by atoms with Crippen LogP contribution in [0.3, 0.4) is 0 Å². The maximum atomic E-state index is 6.67. The SMILES string of the molecule is C#CC#CC#CC#CC#COc1cc(-c2ccc(-c3sc(C)cc3C)s2)c(OCCCCCCCCCC)cc1-c1ccc(-c2sc(C)cc2C)s1.CCCCCCc1cc(-c2ccc(C)s2)c(CCCCCC)cc1-c1ccc(C)s1. The van der Waals surface area contributed by atoms with Gasteiger partial charge >= 0.3 is 0 Å². The van der Waals surface area contributed by atoms with Crippen molar-refractivity contribution in [2.45, 2.75) is 178 Å². The van der Waals surface area contributed by atoms with Gasteiger partial charge in [-0.25, -0.2) is 0 Å². The first-order valence-electron chi connectivity index (χ1n) is 29.6. The average molecular weight is 1190 g/mol. The van der Waals surface area contributed by atoms with Gasteiger partial charge < -0.3 is 9.47 Å². The molecule has 0 atom stereocenters. The predicted molar refractivity (Wildman–Crippen MR) is 366 cm³/mol. The number of rotatable bonds is 27. The van der Waals surface area contributed by atoms with Crippen molar-refractivity contribution in [3.8, 4) is 133 Å². The van der Waals surface area contributed by atoms with Crippen LogP contribution in [0.5, 0.6) is 11.5 Å². The maximum Gasteiger partial charge on any atom is 0.149 e. The molecule has 0 bridgehead atoms. The molecule has 8 aromatic rings. The standard InChI is InChI=1S/C46H42O2S4.C28H38S2/c1-7-9-11-13-15-17-19-21-27-47-39-31-38(42-24-26-44(52-42)46-34(4)30-36(6)50-46)40(48-28-22-20-18-16-14-12-10-8-2)32-37(39)41-23-25-43(51-41)45-33(3)29-35(5)49-45;1-5-7-9-11-13-23-19-26(28-18-16-22(4)30-28)24(14-12-10-8-6-2)20-25(23)27-17-15-21(3)29-27/h1,23-26,29-32H,8,10,12,14,16,18,20,22,28H2,2-6H3;15-20H,5-14H2,1-4H3. The van der Waals surface area contributed by atoms with Crippen LogP contribution >= 0.6 is 68.0 Å². The molecule has 0 aliphatic rings. The van der Waals surface area contributed by atoms with Gasteiger partial charge in [0.2, 0.25) is 0 Å². The van der Waals surface area contributed by atoms with E-state index in [1.165, 1.54) is 180 Å². The molecule has 8 heteroatoms. The van der Waals surface area contributed by atoms with Crippen LogP contribution in [0.4, 0.5) is 0 Å². The van der Waals surface area contributed by atoms with E-state index in [4.69, 9.17) is 15.9 Å². The van der Waals surface area contributed by atoms with Gasteiger partial charge in [0.05, 0.1) is 6.61 Å². The predicted octanol–water partition coefficient (Wildman–Crippen LogP) is 23.3. The van der Waals surface area contributed by atoms with Crippen molar-refractivity contribution in [2.75, 3.05) is 6.61 Å². The normalized spacial score (nSPS) is 10.5. The van der Waals surface area contributed by atoms with E-state index in [1.807, 2.05) is 45.3 Å². The summed E-state index contributed by atoms with van der Waals surface area (Å²) in [5.74, 6) is 22.1. The van der Waals surface area contributed by atoms with Crippen LogP contribution in [-0.4, -0.2) is 6.61 Å². The second kappa shape index (κ2) is 34.0. The third kappa shape index (κ3) is 19.0. The molecule has 6 heterocycles. The lowest BCUT2D eigenvalue weighted by Gasteiger charge is -2.16. The van der Waals surface area contributed by atoms with Crippen LogP contribution in [0.25, 0.3) is 61.3 Å². The molecular weight excluding hydrogens is 1110 g/mol. The Labute approximate surface area is 517 Å². The zero-order valence-corrected chi connectivity index (χ0v) is 54.8. The second-order valence-electron chi connectivity index (χ2n) is 21.1. The molecule has 0 spiro atoms. The van der Waals surface area contributed by atoms with Gasteiger partial charge in [-0.3, -0.25) is 0 Å². The number of thiophene rings is 6. The van der Waals surface area contributed by atoms with Gasteiger partial charge in [0.25, 0.3) is 0 Å². The molecule has 8 rings (SSSR count). The van der Waals surface area contributed by atoms with E-state index < -0.39 is 0 Å². The molecule has 0 fully saturated rings. The molecule has 0 aliphatic carbocycles. The number of ether oxygens (including phenoxy) is 2. The minimum atomic E-state index is 0.653. The Hall–Kier alpha value is -5.96. The highest BCUT2D eigenvalue weighted by Gasteiger charge is 2.21. The third-order valence-corrected chi connectivity index (χ3v) is 21.2. The van der Waals surface area contributed by atoms with Crippen LogP contribution in [-0.2, 0) is 12.8 Å². The van der Waals surface area contributed by atoms with Gasteiger partial charge in [-0.1, -0.05) is 104 Å². The molecule has 2 nitrogen and oxygen atoms in total. The Bertz CT molecular complexity index is 3560. The highest BCUT2D eigenvalue weighted by Crippen LogP contribution is 2.49. The first kappa shape index (κ1) is 63.6. The Balaban J connectivity index is 0.000000273. The van der Waals surface area contributed by atoms with Crippen molar-refractivity contribution in [3.63, 3.8) is 0 Å². The van der Waals surface area contributed by atoms with E-state index >= 15 is 0 Å².